The maximum absolute atomic E-state index is 12.1. The van der Waals surface area contributed by atoms with E-state index in [9.17, 15) is 4.79 Å². The van der Waals surface area contributed by atoms with Crippen LogP contribution in [0.4, 0.5) is 5.82 Å². The SMILES string of the molecule is CC.CCCC1CC(=O)N(Cc2ccc(NCc3ccccc3)nc2)C1. The number of nitrogens with zero attached hydrogens (tertiary/aromatic N) is 2. The Balaban J connectivity index is 0.00000117. The van der Waals surface area contributed by atoms with Gasteiger partial charge >= 0.3 is 0 Å². The molecule has 0 saturated carbocycles. The molecule has 1 amide bonds. The van der Waals surface area contributed by atoms with E-state index in [-0.39, 0.29) is 5.91 Å². The van der Waals surface area contributed by atoms with Gasteiger partial charge in [-0.1, -0.05) is 63.6 Å². The zero-order valence-corrected chi connectivity index (χ0v) is 16.2. The lowest BCUT2D eigenvalue weighted by molar-refractivity contribution is -0.128. The predicted octanol–water partition coefficient (Wildman–Crippen LogP) is 4.87. The predicted molar refractivity (Wildman–Crippen MR) is 108 cm³/mol. The quantitative estimate of drug-likeness (QED) is 0.772. The molecule has 4 nitrogen and oxygen atoms in total. The lowest BCUT2D eigenvalue weighted by Gasteiger charge is -2.16. The molecule has 1 saturated heterocycles. The number of nitrogens with one attached hydrogen (secondary N) is 1. The van der Waals surface area contributed by atoms with E-state index in [1.54, 1.807) is 0 Å². The van der Waals surface area contributed by atoms with Crippen molar-refractivity contribution in [3.8, 4) is 0 Å². The fourth-order valence-corrected chi connectivity index (χ4v) is 3.24. The third-order valence-corrected chi connectivity index (χ3v) is 4.51. The van der Waals surface area contributed by atoms with Crippen molar-refractivity contribution in [2.75, 3.05) is 11.9 Å². The molecule has 1 aliphatic rings. The van der Waals surface area contributed by atoms with Crippen molar-refractivity contribution in [2.24, 2.45) is 5.92 Å². The molecule has 1 atom stereocenters. The van der Waals surface area contributed by atoms with E-state index in [4.69, 9.17) is 0 Å². The molecule has 2 aromatic rings. The molecule has 0 spiro atoms. The second-order valence-electron chi connectivity index (χ2n) is 6.52. The lowest BCUT2D eigenvalue weighted by Crippen LogP contribution is -2.24. The number of anilines is 1. The molecule has 1 aromatic heterocycles. The van der Waals surface area contributed by atoms with Gasteiger partial charge in [-0.15, -0.1) is 0 Å². The van der Waals surface area contributed by atoms with Crippen molar-refractivity contribution in [1.29, 1.82) is 0 Å². The van der Waals surface area contributed by atoms with Crippen LogP contribution in [-0.4, -0.2) is 22.3 Å². The van der Waals surface area contributed by atoms with Crippen molar-refractivity contribution < 1.29 is 4.79 Å². The number of benzene rings is 1. The van der Waals surface area contributed by atoms with Crippen LogP contribution in [0.1, 0.15) is 51.2 Å². The highest BCUT2D eigenvalue weighted by atomic mass is 16.2. The number of hydrogen-bond donors (Lipinski definition) is 1. The minimum atomic E-state index is 0.278. The minimum Gasteiger partial charge on any atom is -0.366 e. The molecule has 1 aromatic carbocycles. The highest BCUT2D eigenvalue weighted by Gasteiger charge is 2.28. The number of amides is 1. The Morgan fingerprint density at radius 3 is 2.54 bits per heavy atom. The Labute approximate surface area is 157 Å². The number of rotatable bonds is 7. The summed E-state index contributed by atoms with van der Waals surface area (Å²) in [5.41, 5.74) is 2.32. The van der Waals surface area contributed by atoms with Crippen LogP contribution in [0.15, 0.2) is 48.7 Å². The van der Waals surface area contributed by atoms with Gasteiger partial charge in [0.1, 0.15) is 5.82 Å². The van der Waals surface area contributed by atoms with Crippen LogP contribution in [0.2, 0.25) is 0 Å². The maximum Gasteiger partial charge on any atom is 0.223 e. The topological polar surface area (TPSA) is 45.2 Å². The Bertz CT molecular complexity index is 655. The molecule has 4 heteroatoms. The zero-order chi connectivity index (χ0) is 18.8. The summed E-state index contributed by atoms with van der Waals surface area (Å²) >= 11 is 0. The highest BCUT2D eigenvalue weighted by Crippen LogP contribution is 2.23. The van der Waals surface area contributed by atoms with Gasteiger partial charge in [-0.3, -0.25) is 4.79 Å². The first-order chi connectivity index (χ1) is 12.7. The van der Waals surface area contributed by atoms with Gasteiger partial charge in [-0.05, 0) is 29.5 Å². The Kier molecular flexibility index (Phi) is 8.13. The van der Waals surface area contributed by atoms with E-state index < -0.39 is 0 Å². The van der Waals surface area contributed by atoms with Crippen LogP contribution in [0, 0.1) is 5.92 Å². The second-order valence-corrected chi connectivity index (χ2v) is 6.52. The maximum atomic E-state index is 12.1. The second kappa shape index (κ2) is 10.6. The van der Waals surface area contributed by atoms with Crippen LogP contribution in [0.3, 0.4) is 0 Å². The number of carbonyl (C=O) groups is 1. The highest BCUT2D eigenvalue weighted by molar-refractivity contribution is 5.78. The Morgan fingerprint density at radius 1 is 1.12 bits per heavy atom. The van der Waals surface area contributed by atoms with Gasteiger partial charge in [-0.25, -0.2) is 4.98 Å². The van der Waals surface area contributed by atoms with Gasteiger partial charge in [0.25, 0.3) is 0 Å². The van der Waals surface area contributed by atoms with E-state index in [0.717, 1.165) is 37.3 Å². The molecule has 1 fully saturated rings. The van der Waals surface area contributed by atoms with Gasteiger partial charge in [0.2, 0.25) is 5.91 Å². The van der Waals surface area contributed by atoms with E-state index >= 15 is 0 Å². The average molecular weight is 354 g/mol. The molecule has 0 aliphatic carbocycles. The molecule has 0 bridgehead atoms. The third-order valence-electron chi connectivity index (χ3n) is 4.51. The first-order valence-corrected chi connectivity index (χ1v) is 9.75. The number of pyridine rings is 1. The normalized spacial score (nSPS) is 16.2. The zero-order valence-electron chi connectivity index (χ0n) is 16.2. The van der Waals surface area contributed by atoms with Gasteiger partial charge in [0, 0.05) is 32.3 Å². The number of hydrogen-bond acceptors (Lipinski definition) is 3. The van der Waals surface area contributed by atoms with E-state index in [1.807, 2.05) is 49.2 Å². The smallest absolute Gasteiger partial charge is 0.223 e. The number of aromatic nitrogens is 1. The van der Waals surface area contributed by atoms with Gasteiger partial charge in [-0.2, -0.15) is 0 Å². The van der Waals surface area contributed by atoms with Crippen LogP contribution in [0.25, 0.3) is 0 Å². The fourth-order valence-electron chi connectivity index (χ4n) is 3.24. The first-order valence-electron chi connectivity index (χ1n) is 9.75. The van der Waals surface area contributed by atoms with Crippen LogP contribution in [0.5, 0.6) is 0 Å². The summed E-state index contributed by atoms with van der Waals surface area (Å²) in [7, 11) is 0. The molecule has 26 heavy (non-hydrogen) atoms. The summed E-state index contributed by atoms with van der Waals surface area (Å²) in [4.78, 5) is 18.5. The van der Waals surface area contributed by atoms with Crippen molar-refractivity contribution in [2.45, 2.75) is 53.1 Å². The van der Waals surface area contributed by atoms with Gasteiger partial charge in [0.15, 0.2) is 0 Å². The summed E-state index contributed by atoms with van der Waals surface area (Å²) < 4.78 is 0. The molecule has 1 unspecified atom stereocenters. The summed E-state index contributed by atoms with van der Waals surface area (Å²) in [5, 5.41) is 3.32. The fraction of sp³-hybridized carbons (Fsp3) is 0.455. The summed E-state index contributed by atoms with van der Waals surface area (Å²) in [6, 6.07) is 14.3. The average Bonchev–Trinajstić information content (AvgIpc) is 3.03. The van der Waals surface area contributed by atoms with E-state index in [0.29, 0.717) is 18.9 Å². The molecular formula is C22H31N3O. The molecule has 0 radical (unpaired) electrons. The number of likely N-dealkylation sites (tertiary alicyclic amines) is 1. The largest absolute Gasteiger partial charge is 0.366 e. The van der Waals surface area contributed by atoms with Crippen LogP contribution >= 0.6 is 0 Å². The molecule has 2 heterocycles. The van der Waals surface area contributed by atoms with Gasteiger partial charge in [0.05, 0.1) is 0 Å². The van der Waals surface area contributed by atoms with Crippen molar-refractivity contribution in [3.63, 3.8) is 0 Å². The van der Waals surface area contributed by atoms with Crippen LogP contribution < -0.4 is 5.32 Å². The summed E-state index contributed by atoms with van der Waals surface area (Å²) in [6.07, 6.45) is 4.86. The molecular weight excluding hydrogens is 322 g/mol. The van der Waals surface area contributed by atoms with Crippen molar-refractivity contribution in [3.05, 3.63) is 59.8 Å². The van der Waals surface area contributed by atoms with E-state index in [2.05, 4.69) is 35.4 Å². The Hall–Kier alpha value is -2.36. The minimum absolute atomic E-state index is 0.278. The Morgan fingerprint density at radius 2 is 1.88 bits per heavy atom. The summed E-state index contributed by atoms with van der Waals surface area (Å²) in [6.45, 7) is 8.50. The summed E-state index contributed by atoms with van der Waals surface area (Å²) in [5.74, 6) is 1.67. The molecule has 1 aliphatic heterocycles. The van der Waals surface area contributed by atoms with Crippen molar-refractivity contribution >= 4 is 11.7 Å². The molecule has 140 valence electrons. The van der Waals surface area contributed by atoms with Gasteiger partial charge < -0.3 is 10.2 Å². The monoisotopic (exact) mass is 353 g/mol. The third kappa shape index (κ3) is 5.87. The number of carbonyl (C=O) groups excluding carboxylic acids is 1. The molecule has 1 N–H and O–H groups in total. The van der Waals surface area contributed by atoms with Crippen LogP contribution in [-0.2, 0) is 17.9 Å². The van der Waals surface area contributed by atoms with Crippen molar-refractivity contribution in [1.82, 2.24) is 9.88 Å². The molecule has 3 rings (SSSR count). The first kappa shape index (κ1) is 20.0. The van der Waals surface area contributed by atoms with E-state index in [1.165, 1.54) is 5.56 Å². The standard InChI is InChI=1S/C20H25N3O.C2H6/c1-2-6-17-11-20(24)23(14-17)15-18-9-10-19(22-13-18)21-12-16-7-4-3-5-8-16;1-2/h3-5,7-10,13,17H,2,6,11-12,14-15H2,1H3,(H,21,22);1-2H3. The lowest BCUT2D eigenvalue weighted by atomic mass is 10.0.